The molecule has 5 nitrogen and oxygen atoms in total. The monoisotopic (exact) mass is 391 g/mol. The zero-order valence-corrected chi connectivity index (χ0v) is 16.2. The van der Waals surface area contributed by atoms with E-state index in [-0.39, 0.29) is 0 Å². The summed E-state index contributed by atoms with van der Waals surface area (Å²) in [5.41, 5.74) is 2.44. The summed E-state index contributed by atoms with van der Waals surface area (Å²) in [5, 5.41) is 14.8. The van der Waals surface area contributed by atoms with Gasteiger partial charge in [0.1, 0.15) is 17.2 Å². The molecule has 28 heavy (non-hydrogen) atoms. The third kappa shape index (κ3) is 3.44. The summed E-state index contributed by atoms with van der Waals surface area (Å²) >= 11 is 6.09. The van der Waals surface area contributed by atoms with Gasteiger partial charge in [-0.05, 0) is 30.3 Å². The predicted octanol–water partition coefficient (Wildman–Crippen LogP) is 5.71. The summed E-state index contributed by atoms with van der Waals surface area (Å²) in [7, 11) is 3.25. The van der Waals surface area contributed by atoms with Gasteiger partial charge < -0.3 is 14.8 Å². The minimum atomic E-state index is 0.654. The second kappa shape index (κ2) is 7.74. The zero-order chi connectivity index (χ0) is 19.5. The molecule has 1 N–H and O–H groups in total. The van der Waals surface area contributed by atoms with Gasteiger partial charge in [-0.3, -0.25) is 0 Å². The Labute approximate surface area is 167 Å². The molecule has 0 fully saturated rings. The first-order chi connectivity index (χ1) is 13.7. The van der Waals surface area contributed by atoms with Crippen LogP contribution in [0.25, 0.3) is 22.0 Å². The van der Waals surface area contributed by atoms with Crippen molar-refractivity contribution >= 4 is 33.9 Å². The number of anilines is 2. The molecule has 4 rings (SSSR count). The van der Waals surface area contributed by atoms with Crippen LogP contribution in [0.4, 0.5) is 11.5 Å². The number of halogens is 1. The Morgan fingerprint density at radius 2 is 1.64 bits per heavy atom. The molecular formula is C22H18ClN3O2. The van der Waals surface area contributed by atoms with E-state index in [0.717, 1.165) is 33.5 Å². The van der Waals surface area contributed by atoms with Crippen molar-refractivity contribution in [1.29, 1.82) is 0 Å². The fourth-order valence-corrected chi connectivity index (χ4v) is 3.28. The lowest BCUT2D eigenvalue weighted by atomic mass is 10.0. The largest absolute Gasteiger partial charge is 0.497 e. The molecule has 3 aromatic carbocycles. The van der Waals surface area contributed by atoms with Crippen LogP contribution in [-0.2, 0) is 0 Å². The van der Waals surface area contributed by atoms with Gasteiger partial charge in [0.25, 0.3) is 0 Å². The van der Waals surface area contributed by atoms with Crippen LogP contribution in [-0.4, -0.2) is 24.4 Å². The number of methoxy groups -OCH3 is 2. The Morgan fingerprint density at radius 1 is 0.821 bits per heavy atom. The number of benzene rings is 3. The zero-order valence-electron chi connectivity index (χ0n) is 15.4. The highest BCUT2D eigenvalue weighted by molar-refractivity contribution is 6.30. The summed E-state index contributed by atoms with van der Waals surface area (Å²) < 4.78 is 10.8. The first-order valence-corrected chi connectivity index (χ1v) is 9.08. The second-order valence-corrected chi connectivity index (χ2v) is 6.58. The number of ether oxygens (including phenoxy) is 2. The minimum Gasteiger partial charge on any atom is -0.497 e. The molecule has 1 heterocycles. The van der Waals surface area contributed by atoms with E-state index < -0.39 is 0 Å². The Hall–Kier alpha value is -3.31. The van der Waals surface area contributed by atoms with Crippen molar-refractivity contribution in [2.45, 2.75) is 0 Å². The summed E-state index contributed by atoms with van der Waals surface area (Å²) in [5.74, 6) is 2.06. The van der Waals surface area contributed by atoms with Crippen molar-refractivity contribution in [3.8, 4) is 22.8 Å². The molecule has 0 atom stereocenters. The average molecular weight is 392 g/mol. The van der Waals surface area contributed by atoms with Crippen LogP contribution >= 0.6 is 11.6 Å². The smallest absolute Gasteiger partial charge is 0.161 e. The molecule has 4 aromatic rings. The van der Waals surface area contributed by atoms with E-state index in [9.17, 15) is 0 Å². The Morgan fingerprint density at radius 3 is 2.39 bits per heavy atom. The van der Waals surface area contributed by atoms with Gasteiger partial charge in [0.15, 0.2) is 5.82 Å². The van der Waals surface area contributed by atoms with Gasteiger partial charge in [-0.1, -0.05) is 41.9 Å². The van der Waals surface area contributed by atoms with Crippen LogP contribution in [0.1, 0.15) is 0 Å². The summed E-state index contributed by atoms with van der Waals surface area (Å²) in [4.78, 5) is 0. The number of fused-ring (bicyclic) bond motifs is 1. The van der Waals surface area contributed by atoms with Crippen LogP contribution in [0.5, 0.6) is 11.5 Å². The molecule has 0 amide bonds. The van der Waals surface area contributed by atoms with Crippen molar-refractivity contribution in [2.24, 2.45) is 0 Å². The number of hydrogen-bond acceptors (Lipinski definition) is 5. The van der Waals surface area contributed by atoms with E-state index in [1.54, 1.807) is 14.2 Å². The Kier molecular flexibility index (Phi) is 5.00. The molecule has 0 aliphatic rings. The first kappa shape index (κ1) is 18.1. The highest BCUT2D eigenvalue weighted by atomic mass is 35.5. The molecule has 1 aromatic heterocycles. The number of nitrogens with zero attached hydrogens (tertiary/aromatic N) is 2. The summed E-state index contributed by atoms with van der Waals surface area (Å²) in [6.45, 7) is 0. The standard InChI is InChI=1S/C22H18ClN3O2/c1-27-16-10-11-19(20(13-16)28-2)21-17-8-3-4-9-18(17)22(26-25-21)24-15-7-5-6-14(23)12-15/h3-13H,1-2H3,(H,24,26). The molecule has 0 saturated carbocycles. The number of hydrogen-bond donors (Lipinski definition) is 1. The fraction of sp³-hybridized carbons (Fsp3) is 0.0909. The average Bonchev–Trinajstić information content (AvgIpc) is 2.74. The molecule has 6 heteroatoms. The van der Waals surface area contributed by atoms with E-state index in [0.29, 0.717) is 16.6 Å². The minimum absolute atomic E-state index is 0.654. The Balaban J connectivity index is 1.85. The lowest BCUT2D eigenvalue weighted by Crippen LogP contribution is -2.00. The van der Waals surface area contributed by atoms with Gasteiger partial charge in [-0.2, -0.15) is 0 Å². The topological polar surface area (TPSA) is 56.3 Å². The van der Waals surface area contributed by atoms with E-state index in [4.69, 9.17) is 21.1 Å². The van der Waals surface area contributed by atoms with Gasteiger partial charge >= 0.3 is 0 Å². The van der Waals surface area contributed by atoms with Gasteiger partial charge in [-0.15, -0.1) is 10.2 Å². The fourth-order valence-electron chi connectivity index (χ4n) is 3.09. The van der Waals surface area contributed by atoms with Gasteiger partial charge in [0, 0.05) is 33.1 Å². The third-order valence-electron chi connectivity index (χ3n) is 4.44. The molecule has 0 aliphatic heterocycles. The maximum atomic E-state index is 6.09. The number of rotatable bonds is 5. The van der Waals surface area contributed by atoms with Crippen molar-refractivity contribution in [3.63, 3.8) is 0 Å². The normalized spacial score (nSPS) is 10.7. The molecule has 0 bridgehead atoms. The molecule has 0 saturated heterocycles. The maximum Gasteiger partial charge on any atom is 0.161 e. The first-order valence-electron chi connectivity index (χ1n) is 8.70. The van der Waals surface area contributed by atoms with Crippen LogP contribution in [0.15, 0.2) is 66.7 Å². The van der Waals surface area contributed by atoms with Crippen molar-refractivity contribution < 1.29 is 9.47 Å². The highest BCUT2D eigenvalue weighted by Crippen LogP contribution is 2.37. The third-order valence-corrected chi connectivity index (χ3v) is 4.67. The van der Waals surface area contributed by atoms with E-state index in [1.165, 1.54) is 0 Å². The van der Waals surface area contributed by atoms with Crippen LogP contribution in [0.3, 0.4) is 0 Å². The molecule has 140 valence electrons. The molecule has 0 unspecified atom stereocenters. The SMILES string of the molecule is COc1ccc(-c2nnc(Nc3cccc(Cl)c3)c3ccccc23)c(OC)c1. The lowest BCUT2D eigenvalue weighted by molar-refractivity contribution is 0.395. The van der Waals surface area contributed by atoms with Crippen molar-refractivity contribution in [1.82, 2.24) is 10.2 Å². The predicted molar refractivity (Wildman–Crippen MR) is 113 cm³/mol. The van der Waals surface area contributed by atoms with Gasteiger partial charge in [0.2, 0.25) is 0 Å². The van der Waals surface area contributed by atoms with E-state index in [2.05, 4.69) is 15.5 Å². The number of nitrogens with one attached hydrogen (secondary N) is 1. The lowest BCUT2D eigenvalue weighted by Gasteiger charge is -2.14. The molecule has 0 aliphatic carbocycles. The Bertz CT molecular complexity index is 1150. The van der Waals surface area contributed by atoms with Crippen LogP contribution < -0.4 is 14.8 Å². The highest BCUT2D eigenvalue weighted by Gasteiger charge is 2.15. The van der Waals surface area contributed by atoms with E-state index in [1.807, 2.05) is 66.7 Å². The van der Waals surface area contributed by atoms with Crippen LogP contribution in [0, 0.1) is 0 Å². The van der Waals surface area contributed by atoms with Crippen molar-refractivity contribution in [2.75, 3.05) is 19.5 Å². The van der Waals surface area contributed by atoms with E-state index >= 15 is 0 Å². The molecule has 0 spiro atoms. The van der Waals surface area contributed by atoms with Crippen molar-refractivity contribution in [3.05, 3.63) is 71.8 Å². The molecular weight excluding hydrogens is 374 g/mol. The quantitative estimate of drug-likeness (QED) is 0.472. The summed E-state index contributed by atoms with van der Waals surface area (Å²) in [6, 6.07) is 21.1. The van der Waals surface area contributed by atoms with Gasteiger partial charge in [-0.25, -0.2) is 0 Å². The summed E-state index contributed by atoms with van der Waals surface area (Å²) in [6.07, 6.45) is 0. The van der Waals surface area contributed by atoms with Gasteiger partial charge in [0.05, 0.1) is 14.2 Å². The maximum absolute atomic E-state index is 6.09. The number of aromatic nitrogens is 2. The molecule has 0 radical (unpaired) electrons. The van der Waals surface area contributed by atoms with Crippen LogP contribution in [0.2, 0.25) is 5.02 Å². The second-order valence-electron chi connectivity index (χ2n) is 6.14.